The number of rotatable bonds is 8. The minimum atomic E-state index is -0.268. The fraction of sp³-hybridized carbons (Fsp3) is 0.259. The van der Waals surface area contributed by atoms with Gasteiger partial charge in [-0.15, -0.1) is 0 Å². The number of ether oxygens (including phenoxy) is 2. The number of nitrogens with one attached hydrogen (secondary N) is 1. The van der Waals surface area contributed by atoms with Crippen LogP contribution in [0.4, 0.5) is 10.1 Å². The highest BCUT2D eigenvalue weighted by molar-refractivity contribution is 5.91. The van der Waals surface area contributed by atoms with Crippen molar-refractivity contribution in [3.63, 3.8) is 0 Å². The van der Waals surface area contributed by atoms with E-state index in [9.17, 15) is 9.18 Å². The van der Waals surface area contributed by atoms with E-state index in [1.54, 1.807) is 44.6 Å². The summed E-state index contributed by atoms with van der Waals surface area (Å²) in [6.45, 7) is 4.59. The van der Waals surface area contributed by atoms with Crippen LogP contribution in [0, 0.1) is 19.7 Å². The molecule has 0 spiro atoms. The van der Waals surface area contributed by atoms with Crippen molar-refractivity contribution < 1.29 is 18.7 Å². The van der Waals surface area contributed by atoms with Gasteiger partial charge in [0, 0.05) is 31.1 Å². The van der Waals surface area contributed by atoms with Crippen molar-refractivity contribution in [3.8, 4) is 11.5 Å². The second-order valence-corrected chi connectivity index (χ2v) is 8.28. The lowest BCUT2D eigenvalue weighted by atomic mass is 10.1. The zero-order valence-corrected chi connectivity index (χ0v) is 19.8. The predicted molar refractivity (Wildman–Crippen MR) is 131 cm³/mol. The molecule has 4 aromatic rings. The van der Waals surface area contributed by atoms with Gasteiger partial charge >= 0.3 is 0 Å². The Balaban J connectivity index is 1.56. The largest absolute Gasteiger partial charge is 0.493 e. The first-order valence-electron chi connectivity index (χ1n) is 11.1. The molecule has 34 heavy (non-hydrogen) atoms. The summed E-state index contributed by atoms with van der Waals surface area (Å²) in [5, 5.41) is 2.92. The number of benzene rings is 3. The highest BCUT2D eigenvalue weighted by Gasteiger charge is 2.15. The molecule has 0 aliphatic heterocycles. The molecular formula is C27H28FN3O3. The molecule has 0 radical (unpaired) electrons. The van der Waals surface area contributed by atoms with Crippen molar-refractivity contribution in [2.75, 3.05) is 19.5 Å². The summed E-state index contributed by atoms with van der Waals surface area (Å²) in [6.07, 6.45) is 0.813. The van der Waals surface area contributed by atoms with Crippen molar-refractivity contribution >= 4 is 22.6 Å². The third-order valence-electron chi connectivity index (χ3n) is 5.95. The van der Waals surface area contributed by atoms with Crippen LogP contribution in [0.3, 0.4) is 0 Å². The molecule has 1 N–H and O–H groups in total. The summed E-state index contributed by atoms with van der Waals surface area (Å²) in [6, 6.07) is 15.9. The molecule has 0 saturated carbocycles. The molecule has 1 aromatic heterocycles. The number of hydrogen-bond acceptors (Lipinski definition) is 4. The van der Waals surface area contributed by atoms with Gasteiger partial charge in [0.2, 0.25) is 5.91 Å². The van der Waals surface area contributed by atoms with Gasteiger partial charge in [-0.25, -0.2) is 9.37 Å². The van der Waals surface area contributed by atoms with Crippen molar-refractivity contribution in [2.24, 2.45) is 0 Å². The fourth-order valence-corrected chi connectivity index (χ4v) is 3.95. The topological polar surface area (TPSA) is 65.4 Å². The second-order valence-electron chi connectivity index (χ2n) is 8.28. The monoisotopic (exact) mass is 461 g/mol. The number of imidazole rings is 1. The minimum Gasteiger partial charge on any atom is -0.493 e. The van der Waals surface area contributed by atoms with Gasteiger partial charge in [-0.2, -0.15) is 0 Å². The molecule has 1 amide bonds. The molecule has 0 atom stereocenters. The van der Waals surface area contributed by atoms with Crippen LogP contribution in [0.1, 0.15) is 28.9 Å². The molecule has 1 heterocycles. The normalized spacial score (nSPS) is 11.0. The van der Waals surface area contributed by atoms with Gasteiger partial charge in [0.05, 0.1) is 25.3 Å². The average Bonchev–Trinajstić information content (AvgIpc) is 3.14. The molecule has 4 rings (SSSR count). The number of aromatic nitrogens is 2. The Morgan fingerprint density at radius 3 is 2.38 bits per heavy atom. The van der Waals surface area contributed by atoms with Crippen LogP contribution in [0.25, 0.3) is 11.0 Å². The first kappa shape index (κ1) is 23.3. The number of carbonyl (C=O) groups excluding carboxylic acids is 1. The van der Waals surface area contributed by atoms with Crippen molar-refractivity contribution in [1.29, 1.82) is 0 Å². The summed E-state index contributed by atoms with van der Waals surface area (Å²) in [5.41, 5.74) is 5.80. The van der Waals surface area contributed by atoms with Crippen LogP contribution in [0.15, 0.2) is 54.6 Å². The Hall–Kier alpha value is -3.87. The van der Waals surface area contributed by atoms with Gasteiger partial charge in [-0.3, -0.25) is 4.79 Å². The zero-order valence-electron chi connectivity index (χ0n) is 19.8. The maximum atomic E-state index is 13.4. The van der Waals surface area contributed by atoms with E-state index in [1.807, 2.05) is 0 Å². The number of hydrogen-bond donors (Lipinski definition) is 1. The Morgan fingerprint density at radius 1 is 0.971 bits per heavy atom. The van der Waals surface area contributed by atoms with E-state index in [-0.39, 0.29) is 18.1 Å². The third kappa shape index (κ3) is 5.03. The highest BCUT2D eigenvalue weighted by Crippen LogP contribution is 2.30. The molecular weight excluding hydrogens is 433 g/mol. The quantitative estimate of drug-likeness (QED) is 0.380. The lowest BCUT2D eigenvalue weighted by Gasteiger charge is -2.12. The Kier molecular flexibility index (Phi) is 6.82. The first-order valence-corrected chi connectivity index (χ1v) is 11.1. The number of carbonyl (C=O) groups is 1. The van der Waals surface area contributed by atoms with Crippen LogP contribution in [-0.4, -0.2) is 29.7 Å². The Labute approximate surface area is 198 Å². The SMILES string of the molecule is COc1ccc(NC(=O)CCn2c(Cc3ccc(F)cc3)nc3cc(C)c(C)cc32)cc1OC. The number of nitrogens with zero attached hydrogens (tertiary/aromatic N) is 2. The number of halogens is 1. The second kappa shape index (κ2) is 9.95. The number of amides is 1. The molecule has 6 nitrogen and oxygen atoms in total. The number of aryl methyl sites for hydroxylation is 3. The van der Waals surface area contributed by atoms with Gasteiger partial charge < -0.3 is 19.4 Å². The van der Waals surface area contributed by atoms with Crippen LogP contribution in [0.2, 0.25) is 0 Å². The maximum Gasteiger partial charge on any atom is 0.226 e. The summed E-state index contributed by atoms with van der Waals surface area (Å²) < 4.78 is 26.0. The van der Waals surface area contributed by atoms with Gasteiger partial charge in [0.25, 0.3) is 0 Å². The van der Waals surface area contributed by atoms with E-state index in [0.717, 1.165) is 33.5 Å². The van der Waals surface area contributed by atoms with Crippen LogP contribution < -0.4 is 14.8 Å². The zero-order chi connectivity index (χ0) is 24.2. The number of methoxy groups -OCH3 is 2. The van der Waals surface area contributed by atoms with E-state index in [4.69, 9.17) is 14.5 Å². The van der Waals surface area contributed by atoms with Crippen molar-refractivity contribution in [3.05, 3.63) is 82.9 Å². The van der Waals surface area contributed by atoms with Gasteiger partial charge in [0.15, 0.2) is 11.5 Å². The van der Waals surface area contributed by atoms with Crippen LogP contribution >= 0.6 is 0 Å². The third-order valence-corrected chi connectivity index (χ3v) is 5.95. The number of fused-ring (bicyclic) bond motifs is 1. The molecule has 0 saturated heterocycles. The molecule has 7 heteroatoms. The number of anilines is 1. The van der Waals surface area contributed by atoms with Gasteiger partial charge in [-0.1, -0.05) is 12.1 Å². The smallest absolute Gasteiger partial charge is 0.226 e. The Morgan fingerprint density at radius 2 is 1.68 bits per heavy atom. The van der Waals surface area contributed by atoms with Crippen molar-refractivity contribution in [2.45, 2.75) is 33.2 Å². The van der Waals surface area contributed by atoms with Crippen LogP contribution in [-0.2, 0) is 17.8 Å². The van der Waals surface area contributed by atoms with E-state index in [0.29, 0.717) is 30.2 Å². The summed E-state index contributed by atoms with van der Waals surface area (Å²) >= 11 is 0. The standard InChI is InChI=1S/C27H28FN3O3/c1-17-13-22-23(14-18(17)2)31(26(30-22)15-19-5-7-20(28)8-6-19)12-11-27(32)29-21-9-10-24(33-3)25(16-21)34-4/h5-10,13-14,16H,11-12,15H2,1-4H3,(H,29,32). The van der Waals surface area contributed by atoms with E-state index in [2.05, 4.69) is 35.9 Å². The molecule has 0 unspecified atom stereocenters. The van der Waals surface area contributed by atoms with Crippen LogP contribution in [0.5, 0.6) is 11.5 Å². The van der Waals surface area contributed by atoms with E-state index in [1.165, 1.54) is 12.1 Å². The average molecular weight is 462 g/mol. The maximum absolute atomic E-state index is 13.4. The van der Waals surface area contributed by atoms with E-state index < -0.39 is 0 Å². The van der Waals surface area contributed by atoms with Gasteiger partial charge in [-0.05, 0) is 66.9 Å². The lowest BCUT2D eigenvalue weighted by Crippen LogP contribution is -2.16. The molecule has 0 aliphatic carbocycles. The summed E-state index contributed by atoms with van der Waals surface area (Å²) in [5.74, 6) is 1.60. The summed E-state index contributed by atoms with van der Waals surface area (Å²) in [4.78, 5) is 17.6. The molecule has 176 valence electrons. The van der Waals surface area contributed by atoms with Gasteiger partial charge in [0.1, 0.15) is 11.6 Å². The highest BCUT2D eigenvalue weighted by atomic mass is 19.1. The molecule has 0 fully saturated rings. The molecule has 0 aliphatic rings. The minimum absolute atomic E-state index is 0.120. The summed E-state index contributed by atoms with van der Waals surface area (Å²) in [7, 11) is 3.12. The predicted octanol–water partition coefficient (Wildman–Crippen LogP) is 5.43. The molecule has 0 bridgehead atoms. The lowest BCUT2D eigenvalue weighted by molar-refractivity contribution is -0.116. The van der Waals surface area contributed by atoms with Crippen molar-refractivity contribution in [1.82, 2.24) is 9.55 Å². The Bertz CT molecular complexity index is 1330. The molecule has 3 aromatic carbocycles. The first-order chi connectivity index (χ1) is 16.4. The van der Waals surface area contributed by atoms with E-state index >= 15 is 0 Å². The fourth-order valence-electron chi connectivity index (χ4n) is 3.95.